The number of rotatable bonds is 4. The van der Waals surface area contributed by atoms with E-state index in [2.05, 4.69) is 10.8 Å². The van der Waals surface area contributed by atoms with Crippen LogP contribution in [-0.2, 0) is 16.6 Å². The molecule has 1 heterocycles. The molecule has 0 atom stereocenters. The Bertz CT molecular complexity index is 994. The number of hydrogen-bond donors (Lipinski definition) is 1. The number of anilines is 1. The monoisotopic (exact) mass is 370 g/mol. The Morgan fingerprint density at radius 1 is 1.12 bits per heavy atom. The van der Waals surface area contributed by atoms with E-state index in [0.717, 1.165) is 46.9 Å². The second-order valence-corrected chi connectivity index (χ2v) is 9.05. The molecule has 136 valence electrons. The minimum absolute atomic E-state index is 0.154. The van der Waals surface area contributed by atoms with Gasteiger partial charge in [0.05, 0.1) is 6.26 Å². The standard InChI is InChI=1S/C20H22N2O3S/c1-13-9-15(14-5-3-6-17(11-14)21-26(2,24)25)10-16-12-22(18-7-4-8-18)20(23)19(13)16/h3,5-6,9-11,18,21H,4,7-8,12H2,1-2H3. The fourth-order valence-electron chi connectivity index (χ4n) is 3.83. The van der Waals surface area contributed by atoms with Crippen molar-refractivity contribution >= 4 is 21.6 Å². The molecule has 4 rings (SSSR count). The van der Waals surface area contributed by atoms with E-state index in [1.165, 1.54) is 6.42 Å². The van der Waals surface area contributed by atoms with Gasteiger partial charge in [-0.2, -0.15) is 0 Å². The van der Waals surface area contributed by atoms with Crippen LogP contribution in [0.5, 0.6) is 0 Å². The number of nitrogens with zero attached hydrogens (tertiary/aromatic N) is 1. The molecule has 0 bridgehead atoms. The smallest absolute Gasteiger partial charge is 0.255 e. The van der Waals surface area contributed by atoms with Gasteiger partial charge in [-0.3, -0.25) is 9.52 Å². The summed E-state index contributed by atoms with van der Waals surface area (Å²) in [5.41, 5.74) is 5.35. The van der Waals surface area contributed by atoms with Crippen molar-refractivity contribution in [2.24, 2.45) is 0 Å². The zero-order chi connectivity index (χ0) is 18.5. The van der Waals surface area contributed by atoms with Crippen molar-refractivity contribution < 1.29 is 13.2 Å². The minimum atomic E-state index is -3.32. The maximum Gasteiger partial charge on any atom is 0.255 e. The number of benzene rings is 2. The Balaban J connectivity index is 1.69. The number of sulfonamides is 1. The molecular weight excluding hydrogens is 348 g/mol. The Morgan fingerprint density at radius 2 is 1.88 bits per heavy atom. The van der Waals surface area contributed by atoms with Gasteiger partial charge in [-0.05, 0) is 66.6 Å². The topological polar surface area (TPSA) is 66.5 Å². The maximum atomic E-state index is 12.8. The van der Waals surface area contributed by atoms with E-state index in [9.17, 15) is 13.2 Å². The summed E-state index contributed by atoms with van der Waals surface area (Å²) in [6, 6.07) is 11.8. The lowest BCUT2D eigenvalue weighted by Crippen LogP contribution is -2.40. The average Bonchev–Trinajstić information content (AvgIpc) is 2.81. The lowest BCUT2D eigenvalue weighted by atomic mass is 9.92. The highest BCUT2D eigenvalue weighted by atomic mass is 32.2. The van der Waals surface area contributed by atoms with E-state index < -0.39 is 10.0 Å². The molecule has 0 saturated heterocycles. The molecule has 1 amide bonds. The van der Waals surface area contributed by atoms with Gasteiger partial charge < -0.3 is 4.90 Å². The molecule has 0 unspecified atom stereocenters. The number of nitrogens with one attached hydrogen (secondary N) is 1. The van der Waals surface area contributed by atoms with Gasteiger partial charge in [0.2, 0.25) is 10.0 Å². The van der Waals surface area contributed by atoms with Crippen LogP contribution in [0.4, 0.5) is 5.69 Å². The molecule has 1 aliphatic carbocycles. The molecule has 2 aromatic carbocycles. The predicted molar refractivity (Wildman–Crippen MR) is 103 cm³/mol. The zero-order valence-electron chi connectivity index (χ0n) is 15.0. The number of fused-ring (bicyclic) bond motifs is 1. The van der Waals surface area contributed by atoms with Crippen molar-refractivity contribution in [3.8, 4) is 11.1 Å². The van der Waals surface area contributed by atoms with Gasteiger partial charge in [-0.15, -0.1) is 0 Å². The van der Waals surface area contributed by atoms with E-state index in [1.54, 1.807) is 6.07 Å². The molecule has 1 fully saturated rings. The first-order valence-electron chi connectivity index (χ1n) is 8.84. The lowest BCUT2D eigenvalue weighted by Gasteiger charge is -2.34. The fraction of sp³-hybridized carbons (Fsp3) is 0.350. The van der Waals surface area contributed by atoms with Crippen LogP contribution in [0.3, 0.4) is 0 Å². The van der Waals surface area contributed by atoms with Crippen LogP contribution in [-0.4, -0.2) is 31.5 Å². The number of carbonyl (C=O) groups excluding carboxylic acids is 1. The summed E-state index contributed by atoms with van der Waals surface area (Å²) in [5, 5.41) is 0. The summed E-state index contributed by atoms with van der Waals surface area (Å²) in [6.45, 7) is 2.65. The number of aryl methyl sites for hydroxylation is 1. The van der Waals surface area contributed by atoms with Crippen LogP contribution in [0.15, 0.2) is 36.4 Å². The Morgan fingerprint density at radius 3 is 2.54 bits per heavy atom. The van der Waals surface area contributed by atoms with Gasteiger partial charge in [-0.1, -0.05) is 18.2 Å². The van der Waals surface area contributed by atoms with Crippen molar-refractivity contribution in [3.63, 3.8) is 0 Å². The number of amides is 1. The second-order valence-electron chi connectivity index (χ2n) is 7.30. The molecular formula is C20H22N2O3S. The van der Waals surface area contributed by atoms with Gasteiger partial charge in [0.1, 0.15) is 0 Å². The SMILES string of the molecule is Cc1cc(-c2cccc(NS(C)(=O)=O)c2)cc2c1C(=O)N(C1CCC1)C2. The first-order chi connectivity index (χ1) is 12.3. The third-order valence-electron chi connectivity index (χ3n) is 5.25. The molecule has 26 heavy (non-hydrogen) atoms. The van der Waals surface area contributed by atoms with E-state index >= 15 is 0 Å². The summed E-state index contributed by atoms with van der Waals surface area (Å²) in [7, 11) is -3.32. The van der Waals surface area contributed by atoms with E-state index in [1.807, 2.05) is 36.1 Å². The highest BCUT2D eigenvalue weighted by molar-refractivity contribution is 7.92. The Labute approximate surface area is 154 Å². The maximum absolute atomic E-state index is 12.8. The molecule has 1 aliphatic heterocycles. The van der Waals surface area contributed by atoms with Crippen molar-refractivity contribution in [1.82, 2.24) is 4.90 Å². The normalized spacial score (nSPS) is 17.2. The van der Waals surface area contributed by atoms with E-state index in [0.29, 0.717) is 18.3 Å². The third kappa shape index (κ3) is 3.09. The molecule has 6 heteroatoms. The first-order valence-corrected chi connectivity index (χ1v) is 10.7. The fourth-order valence-corrected chi connectivity index (χ4v) is 4.38. The van der Waals surface area contributed by atoms with Crippen LogP contribution < -0.4 is 4.72 Å². The van der Waals surface area contributed by atoms with Crippen molar-refractivity contribution in [2.45, 2.75) is 38.8 Å². The van der Waals surface area contributed by atoms with E-state index in [4.69, 9.17) is 0 Å². The second kappa shape index (κ2) is 6.13. The van der Waals surface area contributed by atoms with Gasteiger partial charge in [-0.25, -0.2) is 8.42 Å². The van der Waals surface area contributed by atoms with Crippen LogP contribution in [0.1, 0.15) is 40.7 Å². The highest BCUT2D eigenvalue weighted by Gasteiger charge is 2.36. The van der Waals surface area contributed by atoms with Gasteiger partial charge >= 0.3 is 0 Å². The van der Waals surface area contributed by atoms with Crippen LogP contribution >= 0.6 is 0 Å². The molecule has 2 aromatic rings. The molecule has 1 N–H and O–H groups in total. The van der Waals surface area contributed by atoms with Crippen LogP contribution in [0.25, 0.3) is 11.1 Å². The largest absolute Gasteiger partial charge is 0.331 e. The summed E-state index contributed by atoms with van der Waals surface area (Å²) < 4.78 is 25.5. The van der Waals surface area contributed by atoms with Crippen LogP contribution in [0, 0.1) is 6.92 Å². The molecule has 0 aromatic heterocycles. The third-order valence-corrected chi connectivity index (χ3v) is 5.85. The van der Waals surface area contributed by atoms with Gasteiger partial charge in [0, 0.05) is 23.8 Å². The summed E-state index contributed by atoms with van der Waals surface area (Å²) >= 11 is 0. The lowest BCUT2D eigenvalue weighted by molar-refractivity contribution is 0.0606. The first kappa shape index (κ1) is 17.1. The van der Waals surface area contributed by atoms with E-state index in [-0.39, 0.29) is 5.91 Å². The minimum Gasteiger partial charge on any atom is -0.331 e. The highest BCUT2D eigenvalue weighted by Crippen LogP contribution is 2.36. The predicted octanol–water partition coefficient (Wildman–Crippen LogP) is 3.54. The molecule has 0 spiro atoms. The van der Waals surface area contributed by atoms with Crippen molar-refractivity contribution in [2.75, 3.05) is 11.0 Å². The van der Waals surface area contributed by atoms with Gasteiger partial charge in [0.15, 0.2) is 0 Å². The summed E-state index contributed by atoms with van der Waals surface area (Å²) in [6.07, 6.45) is 4.55. The quantitative estimate of drug-likeness (QED) is 0.895. The zero-order valence-corrected chi connectivity index (χ0v) is 15.8. The Kier molecular flexibility index (Phi) is 4.03. The van der Waals surface area contributed by atoms with Crippen molar-refractivity contribution in [1.29, 1.82) is 0 Å². The number of carbonyl (C=O) groups is 1. The van der Waals surface area contributed by atoms with Crippen LogP contribution in [0.2, 0.25) is 0 Å². The molecule has 1 saturated carbocycles. The summed E-state index contributed by atoms with van der Waals surface area (Å²) in [5.74, 6) is 0.154. The summed E-state index contributed by atoms with van der Waals surface area (Å²) in [4.78, 5) is 14.8. The Hall–Kier alpha value is -2.34. The molecule has 0 radical (unpaired) electrons. The average molecular weight is 370 g/mol. The van der Waals surface area contributed by atoms with Crippen molar-refractivity contribution in [3.05, 3.63) is 53.1 Å². The van der Waals surface area contributed by atoms with Gasteiger partial charge in [0.25, 0.3) is 5.91 Å². The molecule has 5 nitrogen and oxygen atoms in total. The molecule has 2 aliphatic rings. The number of hydrogen-bond acceptors (Lipinski definition) is 3.